The Morgan fingerprint density at radius 2 is 1.97 bits per heavy atom. The van der Waals surface area contributed by atoms with E-state index in [0.29, 0.717) is 28.8 Å². The Labute approximate surface area is 179 Å². The third kappa shape index (κ3) is 4.52. The SMILES string of the molecule is CCCCNCC1(O)CN(C(=O)c2cc3n[nH]nc3cc2Nc2ccc(C)cc2F)C1. The minimum atomic E-state index is -0.932. The van der Waals surface area contributed by atoms with Crippen LogP contribution in [0.2, 0.25) is 0 Å². The molecule has 4 rings (SSSR count). The van der Waals surface area contributed by atoms with E-state index < -0.39 is 11.4 Å². The molecule has 31 heavy (non-hydrogen) atoms. The Hall–Kier alpha value is -3.04. The molecule has 1 aromatic heterocycles. The molecular weight excluding hydrogens is 399 g/mol. The lowest BCUT2D eigenvalue weighted by Gasteiger charge is -2.46. The van der Waals surface area contributed by atoms with Crippen molar-refractivity contribution in [3.05, 3.63) is 47.3 Å². The summed E-state index contributed by atoms with van der Waals surface area (Å²) in [6.07, 6.45) is 2.12. The fourth-order valence-corrected chi connectivity index (χ4v) is 3.75. The number of carbonyl (C=O) groups excluding carboxylic acids is 1. The van der Waals surface area contributed by atoms with Crippen LogP contribution in [0.4, 0.5) is 15.8 Å². The molecule has 0 atom stereocenters. The highest BCUT2D eigenvalue weighted by Crippen LogP contribution is 2.30. The summed E-state index contributed by atoms with van der Waals surface area (Å²) in [4.78, 5) is 14.8. The summed E-state index contributed by atoms with van der Waals surface area (Å²) in [7, 11) is 0. The number of halogens is 1. The van der Waals surface area contributed by atoms with Gasteiger partial charge in [0, 0.05) is 6.54 Å². The van der Waals surface area contributed by atoms with E-state index in [4.69, 9.17) is 0 Å². The van der Waals surface area contributed by atoms with E-state index in [1.165, 1.54) is 6.07 Å². The van der Waals surface area contributed by atoms with Gasteiger partial charge in [-0.05, 0) is 49.7 Å². The molecule has 1 fully saturated rings. The minimum Gasteiger partial charge on any atom is -0.385 e. The van der Waals surface area contributed by atoms with Crippen molar-refractivity contribution in [2.24, 2.45) is 0 Å². The normalized spacial score (nSPS) is 15.2. The number of unbranched alkanes of at least 4 members (excludes halogenated alkanes) is 1. The van der Waals surface area contributed by atoms with Crippen LogP contribution in [0.25, 0.3) is 11.0 Å². The number of benzene rings is 2. The van der Waals surface area contributed by atoms with Gasteiger partial charge in [0.2, 0.25) is 0 Å². The number of aromatic nitrogens is 3. The Bertz CT molecular complexity index is 1090. The lowest BCUT2D eigenvalue weighted by Crippen LogP contribution is -2.67. The minimum absolute atomic E-state index is 0.236. The molecule has 8 nitrogen and oxygen atoms in total. The first-order chi connectivity index (χ1) is 14.9. The number of H-pyrrole nitrogens is 1. The molecule has 0 bridgehead atoms. The molecule has 1 aliphatic rings. The largest absolute Gasteiger partial charge is 0.385 e. The predicted molar refractivity (Wildman–Crippen MR) is 117 cm³/mol. The molecule has 2 aromatic carbocycles. The van der Waals surface area contributed by atoms with Gasteiger partial charge in [-0.25, -0.2) is 4.39 Å². The van der Waals surface area contributed by atoms with E-state index in [1.54, 1.807) is 29.2 Å². The van der Waals surface area contributed by atoms with E-state index in [-0.39, 0.29) is 24.7 Å². The number of aliphatic hydroxyl groups is 1. The van der Waals surface area contributed by atoms with Gasteiger partial charge in [0.25, 0.3) is 5.91 Å². The third-order valence-electron chi connectivity index (χ3n) is 5.50. The number of aromatic amines is 1. The molecule has 2 heterocycles. The maximum absolute atomic E-state index is 14.4. The van der Waals surface area contributed by atoms with E-state index in [9.17, 15) is 14.3 Å². The van der Waals surface area contributed by atoms with Gasteiger partial charge in [0.15, 0.2) is 0 Å². The lowest BCUT2D eigenvalue weighted by molar-refractivity contribution is -0.0784. The van der Waals surface area contributed by atoms with Crippen LogP contribution in [0, 0.1) is 12.7 Å². The second-order valence-electron chi connectivity index (χ2n) is 8.23. The number of nitrogens with zero attached hydrogens (tertiary/aromatic N) is 3. The summed E-state index contributed by atoms with van der Waals surface area (Å²) in [6.45, 7) is 5.68. The lowest BCUT2D eigenvalue weighted by atomic mass is 9.92. The van der Waals surface area contributed by atoms with E-state index in [0.717, 1.165) is 24.9 Å². The van der Waals surface area contributed by atoms with Crippen molar-refractivity contribution in [3.63, 3.8) is 0 Å². The Morgan fingerprint density at radius 3 is 2.68 bits per heavy atom. The molecule has 1 amide bonds. The standard InChI is InChI=1S/C22H27FN6O2/c1-3-4-7-24-11-22(31)12-29(13-22)21(30)15-9-19-20(27-28-26-19)10-18(15)25-17-6-5-14(2)8-16(17)23/h5-6,8-10,24-25,31H,3-4,7,11-13H2,1-2H3,(H,26,27,28). The zero-order chi connectivity index (χ0) is 22.0. The fourth-order valence-electron chi connectivity index (χ4n) is 3.75. The number of hydrogen-bond donors (Lipinski definition) is 4. The number of carbonyl (C=O) groups is 1. The summed E-state index contributed by atoms with van der Waals surface area (Å²) in [5.41, 5.74) is 2.02. The molecule has 0 radical (unpaired) electrons. The van der Waals surface area contributed by atoms with Crippen LogP contribution >= 0.6 is 0 Å². The number of rotatable bonds is 8. The smallest absolute Gasteiger partial charge is 0.256 e. The Balaban J connectivity index is 1.54. The monoisotopic (exact) mass is 426 g/mol. The number of aryl methyl sites for hydroxylation is 1. The van der Waals surface area contributed by atoms with Crippen LogP contribution in [0.5, 0.6) is 0 Å². The highest BCUT2D eigenvalue weighted by molar-refractivity contribution is 6.04. The number of anilines is 2. The summed E-state index contributed by atoms with van der Waals surface area (Å²) >= 11 is 0. The highest BCUT2D eigenvalue weighted by atomic mass is 19.1. The second-order valence-corrected chi connectivity index (χ2v) is 8.23. The summed E-state index contributed by atoms with van der Waals surface area (Å²) in [5.74, 6) is -0.659. The van der Waals surface area contributed by atoms with Crippen LogP contribution in [-0.4, -0.2) is 63.1 Å². The maximum Gasteiger partial charge on any atom is 0.256 e. The molecule has 164 valence electrons. The van der Waals surface area contributed by atoms with Crippen LogP contribution in [0.1, 0.15) is 35.7 Å². The van der Waals surface area contributed by atoms with E-state index >= 15 is 0 Å². The third-order valence-corrected chi connectivity index (χ3v) is 5.50. The first kappa shape index (κ1) is 21.2. The van der Waals surface area contributed by atoms with Crippen LogP contribution in [0.3, 0.4) is 0 Å². The first-order valence-corrected chi connectivity index (χ1v) is 10.5. The molecule has 0 spiro atoms. The van der Waals surface area contributed by atoms with Gasteiger partial charge < -0.3 is 20.6 Å². The molecule has 9 heteroatoms. The van der Waals surface area contributed by atoms with Crippen molar-refractivity contribution >= 4 is 28.3 Å². The molecule has 0 unspecified atom stereocenters. The fraction of sp³-hybridized carbons (Fsp3) is 0.409. The van der Waals surface area contributed by atoms with Gasteiger partial charge in [-0.15, -0.1) is 0 Å². The average molecular weight is 426 g/mol. The number of fused-ring (bicyclic) bond motifs is 1. The highest BCUT2D eigenvalue weighted by Gasteiger charge is 2.43. The van der Waals surface area contributed by atoms with Crippen molar-refractivity contribution in [2.75, 3.05) is 31.5 Å². The molecular formula is C22H27FN6O2. The van der Waals surface area contributed by atoms with Crippen molar-refractivity contribution in [3.8, 4) is 0 Å². The Kier molecular flexibility index (Phi) is 5.88. The second kappa shape index (κ2) is 8.60. The van der Waals surface area contributed by atoms with Gasteiger partial charge in [-0.3, -0.25) is 4.79 Å². The molecule has 0 saturated carbocycles. The molecule has 1 saturated heterocycles. The zero-order valence-corrected chi connectivity index (χ0v) is 17.7. The van der Waals surface area contributed by atoms with Crippen molar-refractivity contribution in [1.29, 1.82) is 0 Å². The number of β-amino-alcohol motifs (C(OH)–C–C–N with tert-alkyl or cyclic N) is 1. The molecule has 3 aromatic rings. The predicted octanol–water partition coefficient (Wildman–Crippen LogP) is 2.73. The van der Waals surface area contributed by atoms with Gasteiger partial charge in [-0.2, -0.15) is 15.4 Å². The van der Waals surface area contributed by atoms with E-state index in [2.05, 4.69) is 33.0 Å². The van der Waals surface area contributed by atoms with Crippen LogP contribution < -0.4 is 10.6 Å². The molecule has 1 aliphatic heterocycles. The topological polar surface area (TPSA) is 106 Å². The zero-order valence-electron chi connectivity index (χ0n) is 17.7. The number of hydrogen-bond acceptors (Lipinski definition) is 6. The Morgan fingerprint density at radius 1 is 1.23 bits per heavy atom. The van der Waals surface area contributed by atoms with Crippen molar-refractivity contribution < 1.29 is 14.3 Å². The van der Waals surface area contributed by atoms with Crippen LogP contribution in [-0.2, 0) is 0 Å². The molecule has 0 aliphatic carbocycles. The van der Waals surface area contributed by atoms with Gasteiger partial charge in [0.1, 0.15) is 22.5 Å². The number of likely N-dealkylation sites (tertiary alicyclic amines) is 1. The summed E-state index contributed by atoms with van der Waals surface area (Å²) < 4.78 is 14.4. The first-order valence-electron chi connectivity index (χ1n) is 10.5. The maximum atomic E-state index is 14.4. The number of amides is 1. The summed E-state index contributed by atoms with van der Waals surface area (Å²) in [5, 5.41) is 27.6. The number of nitrogens with one attached hydrogen (secondary N) is 3. The summed E-state index contributed by atoms with van der Waals surface area (Å²) in [6, 6.07) is 8.16. The molecule has 4 N–H and O–H groups in total. The van der Waals surface area contributed by atoms with Gasteiger partial charge in [0.05, 0.1) is 30.0 Å². The van der Waals surface area contributed by atoms with Crippen molar-refractivity contribution in [2.45, 2.75) is 32.3 Å². The quantitative estimate of drug-likeness (QED) is 0.413. The van der Waals surface area contributed by atoms with Crippen molar-refractivity contribution in [1.82, 2.24) is 25.6 Å². The van der Waals surface area contributed by atoms with Gasteiger partial charge >= 0.3 is 0 Å². The van der Waals surface area contributed by atoms with Gasteiger partial charge in [-0.1, -0.05) is 19.4 Å². The van der Waals surface area contributed by atoms with E-state index in [1.807, 2.05) is 6.92 Å². The average Bonchev–Trinajstić information content (AvgIpc) is 3.17. The van der Waals surface area contributed by atoms with Crippen LogP contribution in [0.15, 0.2) is 30.3 Å².